The SMILES string of the molecule is Cc1nc(-c2c(N)nsc2N2CCN(C(C)C)CC2)cs1. The van der Waals surface area contributed by atoms with Gasteiger partial charge in [-0.3, -0.25) is 4.90 Å². The number of anilines is 2. The van der Waals surface area contributed by atoms with Gasteiger partial charge in [-0.1, -0.05) is 0 Å². The van der Waals surface area contributed by atoms with Gasteiger partial charge in [-0.2, -0.15) is 4.37 Å². The van der Waals surface area contributed by atoms with Gasteiger partial charge in [0.1, 0.15) is 10.8 Å². The van der Waals surface area contributed by atoms with E-state index in [9.17, 15) is 0 Å². The Morgan fingerprint density at radius 2 is 1.95 bits per heavy atom. The van der Waals surface area contributed by atoms with Gasteiger partial charge in [0, 0.05) is 37.6 Å². The summed E-state index contributed by atoms with van der Waals surface area (Å²) in [7, 11) is 0. The maximum absolute atomic E-state index is 6.09. The highest BCUT2D eigenvalue weighted by Gasteiger charge is 2.25. The van der Waals surface area contributed by atoms with Crippen molar-refractivity contribution in [2.45, 2.75) is 26.8 Å². The van der Waals surface area contributed by atoms with E-state index >= 15 is 0 Å². The molecule has 7 heteroatoms. The van der Waals surface area contributed by atoms with E-state index < -0.39 is 0 Å². The summed E-state index contributed by atoms with van der Waals surface area (Å²) >= 11 is 3.15. The molecule has 0 bridgehead atoms. The molecule has 0 unspecified atom stereocenters. The van der Waals surface area contributed by atoms with Crippen LogP contribution in [0, 0.1) is 6.92 Å². The Balaban J connectivity index is 1.84. The zero-order valence-electron chi connectivity index (χ0n) is 12.7. The van der Waals surface area contributed by atoms with Gasteiger partial charge < -0.3 is 10.6 Å². The number of piperazine rings is 1. The molecule has 114 valence electrons. The molecule has 2 aromatic heterocycles. The summed E-state index contributed by atoms with van der Waals surface area (Å²) in [6.45, 7) is 10.8. The van der Waals surface area contributed by atoms with E-state index in [0.29, 0.717) is 11.9 Å². The first-order valence-corrected chi connectivity index (χ1v) is 8.88. The Bertz CT molecular complexity index is 611. The lowest BCUT2D eigenvalue weighted by Crippen LogP contribution is -2.48. The van der Waals surface area contributed by atoms with Crippen LogP contribution < -0.4 is 10.6 Å². The van der Waals surface area contributed by atoms with Gasteiger partial charge in [0.15, 0.2) is 0 Å². The minimum atomic E-state index is 0.603. The van der Waals surface area contributed by atoms with E-state index in [1.807, 2.05) is 6.92 Å². The van der Waals surface area contributed by atoms with E-state index in [0.717, 1.165) is 42.4 Å². The average Bonchev–Trinajstić information content (AvgIpc) is 3.04. The predicted octanol–water partition coefficient (Wildman–Crippen LogP) is 2.69. The lowest BCUT2D eigenvalue weighted by Gasteiger charge is -2.37. The highest BCUT2D eigenvalue weighted by molar-refractivity contribution is 7.11. The van der Waals surface area contributed by atoms with Crippen molar-refractivity contribution in [2.75, 3.05) is 36.8 Å². The first-order valence-electron chi connectivity index (χ1n) is 7.23. The molecule has 0 radical (unpaired) electrons. The van der Waals surface area contributed by atoms with Crippen molar-refractivity contribution in [2.24, 2.45) is 0 Å². The van der Waals surface area contributed by atoms with Crippen molar-refractivity contribution in [3.05, 3.63) is 10.4 Å². The summed E-state index contributed by atoms with van der Waals surface area (Å²) in [5.41, 5.74) is 8.07. The first-order chi connectivity index (χ1) is 10.1. The standard InChI is InChI=1S/C14H21N5S2/c1-9(2)18-4-6-19(7-5-18)14-12(13(15)17-21-14)11-8-20-10(3)16-11/h8-9H,4-7H2,1-3H3,(H2,15,17). The van der Waals surface area contributed by atoms with Crippen LogP contribution in [0.3, 0.4) is 0 Å². The number of thiazole rings is 1. The quantitative estimate of drug-likeness (QED) is 0.941. The molecule has 1 fully saturated rings. The third-order valence-corrected chi connectivity index (χ3v) is 5.60. The van der Waals surface area contributed by atoms with Crippen LogP contribution in [0.4, 0.5) is 10.8 Å². The van der Waals surface area contributed by atoms with Crippen LogP contribution in [0.2, 0.25) is 0 Å². The van der Waals surface area contributed by atoms with E-state index in [1.165, 1.54) is 16.5 Å². The molecule has 0 atom stereocenters. The molecule has 1 aliphatic rings. The van der Waals surface area contributed by atoms with Crippen LogP contribution in [0.15, 0.2) is 5.38 Å². The number of hydrogen-bond donors (Lipinski definition) is 1. The molecule has 0 aliphatic carbocycles. The molecule has 0 aromatic carbocycles. The van der Waals surface area contributed by atoms with Crippen LogP contribution in [0.1, 0.15) is 18.9 Å². The number of hydrogen-bond acceptors (Lipinski definition) is 7. The third-order valence-electron chi connectivity index (χ3n) is 3.91. The molecular formula is C14H21N5S2. The lowest BCUT2D eigenvalue weighted by molar-refractivity contribution is 0.210. The van der Waals surface area contributed by atoms with E-state index in [-0.39, 0.29) is 0 Å². The monoisotopic (exact) mass is 323 g/mol. The van der Waals surface area contributed by atoms with Gasteiger partial charge in [0.05, 0.1) is 16.3 Å². The molecule has 5 nitrogen and oxygen atoms in total. The zero-order chi connectivity index (χ0) is 15.0. The summed E-state index contributed by atoms with van der Waals surface area (Å²) < 4.78 is 4.36. The van der Waals surface area contributed by atoms with Crippen LogP contribution in [-0.2, 0) is 0 Å². The third kappa shape index (κ3) is 2.90. The highest BCUT2D eigenvalue weighted by atomic mass is 32.1. The summed E-state index contributed by atoms with van der Waals surface area (Å²) in [5.74, 6) is 0.603. The van der Waals surface area contributed by atoms with Gasteiger partial charge in [-0.25, -0.2) is 4.98 Å². The number of rotatable bonds is 3. The fourth-order valence-corrected chi connectivity index (χ4v) is 4.15. The molecule has 3 rings (SSSR count). The molecule has 2 aromatic rings. The summed E-state index contributed by atoms with van der Waals surface area (Å²) in [6.07, 6.45) is 0. The Kier molecular flexibility index (Phi) is 4.14. The fraction of sp³-hybridized carbons (Fsp3) is 0.571. The second-order valence-electron chi connectivity index (χ2n) is 5.62. The number of aromatic nitrogens is 2. The topological polar surface area (TPSA) is 58.3 Å². The zero-order valence-corrected chi connectivity index (χ0v) is 14.3. The fourth-order valence-electron chi connectivity index (χ4n) is 2.67. The number of aryl methyl sites for hydroxylation is 1. The van der Waals surface area contributed by atoms with Crippen LogP contribution in [0.25, 0.3) is 11.3 Å². The Morgan fingerprint density at radius 3 is 2.52 bits per heavy atom. The number of nitrogens with two attached hydrogens (primary N) is 1. The first kappa shape index (κ1) is 14.7. The summed E-state index contributed by atoms with van der Waals surface area (Å²) in [5, 5.41) is 4.30. The van der Waals surface area contributed by atoms with Crippen molar-refractivity contribution >= 4 is 33.7 Å². The van der Waals surface area contributed by atoms with E-state index in [1.54, 1.807) is 11.3 Å². The lowest BCUT2D eigenvalue weighted by atomic mass is 10.2. The van der Waals surface area contributed by atoms with Crippen molar-refractivity contribution in [1.29, 1.82) is 0 Å². The molecule has 2 N–H and O–H groups in total. The summed E-state index contributed by atoms with van der Waals surface area (Å²) in [4.78, 5) is 9.49. The molecule has 21 heavy (non-hydrogen) atoms. The van der Waals surface area contributed by atoms with Gasteiger partial charge >= 0.3 is 0 Å². The van der Waals surface area contributed by atoms with Crippen LogP contribution in [0.5, 0.6) is 0 Å². The minimum absolute atomic E-state index is 0.603. The van der Waals surface area contributed by atoms with Gasteiger partial charge in [-0.05, 0) is 32.3 Å². The van der Waals surface area contributed by atoms with Gasteiger partial charge in [0.25, 0.3) is 0 Å². The maximum Gasteiger partial charge on any atom is 0.148 e. The van der Waals surface area contributed by atoms with Crippen LogP contribution in [-0.4, -0.2) is 46.5 Å². The Labute approximate surface area is 133 Å². The average molecular weight is 323 g/mol. The maximum atomic E-state index is 6.09. The molecule has 0 spiro atoms. The normalized spacial score (nSPS) is 16.9. The van der Waals surface area contributed by atoms with Crippen molar-refractivity contribution in [1.82, 2.24) is 14.3 Å². The second-order valence-corrected chi connectivity index (χ2v) is 7.43. The molecule has 1 aliphatic heterocycles. The van der Waals surface area contributed by atoms with E-state index in [2.05, 4.69) is 38.4 Å². The van der Waals surface area contributed by atoms with Crippen LogP contribution >= 0.6 is 22.9 Å². The molecule has 0 saturated carbocycles. The summed E-state index contributed by atoms with van der Waals surface area (Å²) in [6, 6.07) is 0.611. The highest BCUT2D eigenvalue weighted by Crippen LogP contribution is 2.39. The largest absolute Gasteiger partial charge is 0.382 e. The van der Waals surface area contributed by atoms with Gasteiger partial charge in [0.2, 0.25) is 0 Å². The van der Waals surface area contributed by atoms with Crippen molar-refractivity contribution < 1.29 is 0 Å². The molecular weight excluding hydrogens is 302 g/mol. The number of nitrogen functional groups attached to an aromatic ring is 1. The predicted molar refractivity (Wildman–Crippen MR) is 91.3 cm³/mol. The Hall–Kier alpha value is -1.18. The van der Waals surface area contributed by atoms with Crippen molar-refractivity contribution in [3.63, 3.8) is 0 Å². The van der Waals surface area contributed by atoms with Crippen molar-refractivity contribution in [3.8, 4) is 11.3 Å². The van der Waals surface area contributed by atoms with E-state index in [4.69, 9.17) is 5.73 Å². The van der Waals surface area contributed by atoms with Gasteiger partial charge in [-0.15, -0.1) is 11.3 Å². The minimum Gasteiger partial charge on any atom is -0.382 e. The molecule has 1 saturated heterocycles. The molecule has 0 amide bonds. The smallest absolute Gasteiger partial charge is 0.148 e. The second kappa shape index (κ2) is 5.90. The Morgan fingerprint density at radius 1 is 1.24 bits per heavy atom. The molecule has 3 heterocycles. The number of nitrogens with zero attached hydrogens (tertiary/aromatic N) is 4.